The lowest BCUT2D eigenvalue weighted by atomic mass is 9.71. The number of anilines is 1. The Balaban J connectivity index is 1.88. The van der Waals surface area contributed by atoms with Crippen LogP contribution in [0.3, 0.4) is 0 Å². The van der Waals surface area contributed by atoms with E-state index in [0.29, 0.717) is 6.42 Å². The first-order valence-electron chi connectivity index (χ1n) is 8.05. The number of carbonyl (C=O) groups excluding carboxylic acids is 1. The van der Waals surface area contributed by atoms with Crippen LogP contribution in [0.1, 0.15) is 62.0 Å². The van der Waals surface area contributed by atoms with Crippen molar-refractivity contribution in [1.82, 2.24) is 0 Å². The maximum absolute atomic E-state index is 11.8. The molecule has 1 fully saturated rings. The summed E-state index contributed by atoms with van der Waals surface area (Å²) in [5.41, 5.74) is 3.75. The standard InChI is InChI=1S/C18H24ClNO/c1-18(10-4-3-5-11-18)17(19)14-6-8-15-13(12-14)7-9-16(21)20(15)2/h6,8,12,17H,3-5,7,9-11H2,1-2H3. The van der Waals surface area contributed by atoms with Crippen LogP contribution in [-0.2, 0) is 11.2 Å². The van der Waals surface area contributed by atoms with Crippen molar-refractivity contribution in [3.05, 3.63) is 29.3 Å². The quantitative estimate of drug-likeness (QED) is 0.716. The van der Waals surface area contributed by atoms with E-state index < -0.39 is 0 Å². The molecule has 1 aromatic carbocycles. The molecule has 114 valence electrons. The average molecular weight is 306 g/mol. The van der Waals surface area contributed by atoms with Gasteiger partial charge in [0, 0.05) is 19.2 Å². The van der Waals surface area contributed by atoms with Crippen molar-refractivity contribution in [3.63, 3.8) is 0 Å². The number of halogens is 1. The van der Waals surface area contributed by atoms with E-state index in [1.165, 1.54) is 43.2 Å². The van der Waals surface area contributed by atoms with E-state index in [2.05, 4.69) is 25.1 Å². The third kappa shape index (κ3) is 2.70. The van der Waals surface area contributed by atoms with E-state index in [1.54, 1.807) is 4.90 Å². The van der Waals surface area contributed by atoms with Crippen molar-refractivity contribution in [2.45, 2.75) is 57.2 Å². The van der Waals surface area contributed by atoms with Gasteiger partial charge in [-0.25, -0.2) is 0 Å². The van der Waals surface area contributed by atoms with Crippen molar-refractivity contribution < 1.29 is 4.79 Å². The highest BCUT2D eigenvalue weighted by Crippen LogP contribution is 2.49. The maximum atomic E-state index is 11.8. The van der Waals surface area contributed by atoms with Gasteiger partial charge in [-0.2, -0.15) is 0 Å². The van der Waals surface area contributed by atoms with Gasteiger partial charge in [0.25, 0.3) is 0 Å². The minimum atomic E-state index is 0.0750. The van der Waals surface area contributed by atoms with Crippen LogP contribution >= 0.6 is 11.6 Å². The summed E-state index contributed by atoms with van der Waals surface area (Å²) in [7, 11) is 1.86. The Morgan fingerprint density at radius 1 is 1.19 bits per heavy atom. The van der Waals surface area contributed by atoms with Crippen molar-refractivity contribution >= 4 is 23.2 Å². The van der Waals surface area contributed by atoms with Gasteiger partial charge in [0.2, 0.25) is 5.91 Å². The Bertz CT molecular complexity index is 548. The number of aryl methyl sites for hydroxylation is 1. The zero-order valence-electron chi connectivity index (χ0n) is 13.0. The van der Waals surface area contributed by atoms with Gasteiger partial charge in [0.1, 0.15) is 0 Å². The number of benzene rings is 1. The van der Waals surface area contributed by atoms with E-state index in [-0.39, 0.29) is 16.7 Å². The van der Waals surface area contributed by atoms with E-state index >= 15 is 0 Å². The largest absolute Gasteiger partial charge is 0.315 e. The monoisotopic (exact) mass is 305 g/mol. The van der Waals surface area contributed by atoms with Crippen LogP contribution in [0.2, 0.25) is 0 Å². The van der Waals surface area contributed by atoms with Crippen LogP contribution in [0.25, 0.3) is 0 Å². The number of alkyl halides is 1. The first-order valence-corrected chi connectivity index (χ1v) is 8.48. The molecule has 1 atom stereocenters. The molecule has 1 aromatic rings. The van der Waals surface area contributed by atoms with Gasteiger partial charge in [0.15, 0.2) is 0 Å². The zero-order valence-corrected chi connectivity index (χ0v) is 13.7. The smallest absolute Gasteiger partial charge is 0.227 e. The van der Waals surface area contributed by atoms with E-state index in [9.17, 15) is 4.79 Å². The Kier molecular flexibility index (Phi) is 4.00. The zero-order chi connectivity index (χ0) is 15.0. The maximum Gasteiger partial charge on any atom is 0.227 e. The summed E-state index contributed by atoms with van der Waals surface area (Å²) in [6, 6.07) is 6.42. The number of fused-ring (bicyclic) bond motifs is 1. The summed E-state index contributed by atoms with van der Waals surface area (Å²) >= 11 is 6.85. The number of amides is 1. The van der Waals surface area contributed by atoms with E-state index in [1.807, 2.05) is 7.05 Å². The fourth-order valence-corrected chi connectivity index (χ4v) is 4.20. The van der Waals surface area contributed by atoms with Gasteiger partial charge >= 0.3 is 0 Å². The van der Waals surface area contributed by atoms with Crippen LogP contribution in [0, 0.1) is 5.41 Å². The number of rotatable bonds is 2. The van der Waals surface area contributed by atoms with Crippen molar-refractivity contribution in [2.75, 3.05) is 11.9 Å². The fourth-order valence-electron chi connectivity index (χ4n) is 3.85. The van der Waals surface area contributed by atoms with Crippen molar-refractivity contribution in [1.29, 1.82) is 0 Å². The number of hydrogen-bond acceptors (Lipinski definition) is 1. The van der Waals surface area contributed by atoms with Gasteiger partial charge in [-0.1, -0.05) is 38.3 Å². The highest BCUT2D eigenvalue weighted by molar-refractivity contribution is 6.21. The topological polar surface area (TPSA) is 20.3 Å². The van der Waals surface area contributed by atoms with Crippen LogP contribution < -0.4 is 4.90 Å². The Labute approximate surface area is 132 Å². The van der Waals surface area contributed by atoms with E-state index in [4.69, 9.17) is 11.6 Å². The minimum absolute atomic E-state index is 0.0750. The van der Waals surface area contributed by atoms with Crippen LogP contribution in [0.15, 0.2) is 18.2 Å². The molecule has 0 saturated heterocycles. The second kappa shape index (κ2) is 5.64. The van der Waals surface area contributed by atoms with Crippen LogP contribution in [-0.4, -0.2) is 13.0 Å². The summed E-state index contributed by atoms with van der Waals surface area (Å²) in [4.78, 5) is 13.5. The number of hydrogen-bond donors (Lipinski definition) is 0. The summed E-state index contributed by atoms with van der Waals surface area (Å²) in [6.07, 6.45) is 7.82. The van der Waals surface area contributed by atoms with Gasteiger partial charge < -0.3 is 4.90 Å². The summed E-state index contributed by atoms with van der Waals surface area (Å²) in [5, 5.41) is 0.0750. The molecule has 0 N–H and O–H groups in total. The molecule has 3 heteroatoms. The molecule has 1 saturated carbocycles. The molecule has 2 nitrogen and oxygen atoms in total. The van der Waals surface area contributed by atoms with Crippen LogP contribution in [0.4, 0.5) is 5.69 Å². The van der Waals surface area contributed by atoms with Crippen molar-refractivity contribution in [2.24, 2.45) is 5.41 Å². The Hall–Kier alpha value is -1.02. The predicted octanol–water partition coefficient (Wildman–Crippen LogP) is 4.85. The molecule has 1 aliphatic carbocycles. The van der Waals surface area contributed by atoms with Gasteiger partial charge in [0.05, 0.1) is 5.38 Å². The molecule has 0 aromatic heterocycles. The molecular formula is C18H24ClNO. The molecule has 1 amide bonds. The average Bonchev–Trinajstić information content (AvgIpc) is 2.51. The number of carbonyl (C=O) groups is 1. The van der Waals surface area contributed by atoms with Gasteiger partial charge in [-0.05, 0) is 41.9 Å². The molecule has 1 unspecified atom stereocenters. The van der Waals surface area contributed by atoms with Crippen molar-refractivity contribution in [3.8, 4) is 0 Å². The molecule has 1 heterocycles. The fraction of sp³-hybridized carbons (Fsp3) is 0.611. The third-order valence-corrected chi connectivity index (χ3v) is 6.13. The molecule has 21 heavy (non-hydrogen) atoms. The third-order valence-electron chi connectivity index (χ3n) is 5.35. The SMILES string of the molecule is CN1C(=O)CCc2cc(C(Cl)C3(C)CCCCC3)ccc21. The summed E-state index contributed by atoms with van der Waals surface area (Å²) in [5.74, 6) is 0.205. The summed E-state index contributed by atoms with van der Waals surface area (Å²) < 4.78 is 0. The highest BCUT2D eigenvalue weighted by atomic mass is 35.5. The molecule has 2 aliphatic rings. The Morgan fingerprint density at radius 3 is 2.62 bits per heavy atom. The predicted molar refractivity (Wildman–Crippen MR) is 88.0 cm³/mol. The number of nitrogens with zero attached hydrogens (tertiary/aromatic N) is 1. The summed E-state index contributed by atoms with van der Waals surface area (Å²) in [6.45, 7) is 2.33. The molecule has 0 spiro atoms. The lowest BCUT2D eigenvalue weighted by Gasteiger charge is -2.38. The van der Waals surface area contributed by atoms with Gasteiger partial charge in [-0.3, -0.25) is 4.79 Å². The Morgan fingerprint density at radius 2 is 1.90 bits per heavy atom. The second-order valence-corrected chi connectivity index (χ2v) is 7.35. The minimum Gasteiger partial charge on any atom is -0.315 e. The molecular weight excluding hydrogens is 282 g/mol. The lowest BCUT2D eigenvalue weighted by molar-refractivity contribution is -0.118. The molecule has 0 radical (unpaired) electrons. The normalized spacial score (nSPS) is 22.8. The second-order valence-electron chi connectivity index (χ2n) is 6.92. The highest BCUT2D eigenvalue weighted by Gasteiger charge is 2.35. The van der Waals surface area contributed by atoms with Crippen LogP contribution in [0.5, 0.6) is 0 Å². The molecule has 1 aliphatic heterocycles. The first-order chi connectivity index (χ1) is 10.0. The van der Waals surface area contributed by atoms with E-state index in [0.717, 1.165) is 12.1 Å². The van der Waals surface area contributed by atoms with Gasteiger partial charge in [-0.15, -0.1) is 11.6 Å². The molecule has 0 bridgehead atoms. The molecule has 3 rings (SSSR count). The lowest BCUT2D eigenvalue weighted by Crippen LogP contribution is -2.31. The first kappa shape index (κ1) is 14.9.